The molecule has 0 aliphatic carbocycles. The maximum Gasteiger partial charge on any atom is 0.255 e. The number of carbonyl (C=O) groups excluding carboxylic acids is 1. The monoisotopic (exact) mass is 353 g/mol. The van der Waals surface area contributed by atoms with Gasteiger partial charge in [0.25, 0.3) is 5.91 Å². The molecule has 1 N–H and O–H groups in total. The number of benzene rings is 1. The van der Waals surface area contributed by atoms with Crippen LogP contribution in [0.2, 0.25) is 0 Å². The minimum absolute atomic E-state index is 0.181. The summed E-state index contributed by atoms with van der Waals surface area (Å²) in [4.78, 5) is 15.4. The number of rotatable bonds is 6. The molecule has 1 amide bonds. The smallest absolute Gasteiger partial charge is 0.255 e. The maximum absolute atomic E-state index is 13.4. The van der Waals surface area contributed by atoms with Crippen LogP contribution >= 0.6 is 0 Å². The van der Waals surface area contributed by atoms with Crippen LogP contribution in [0.1, 0.15) is 60.0 Å². The number of carbonyl (C=O) groups is 1. The first-order valence-corrected chi connectivity index (χ1v) is 9.79. The summed E-state index contributed by atoms with van der Waals surface area (Å²) in [6, 6.07) is 13.1. The van der Waals surface area contributed by atoms with Gasteiger partial charge in [0.15, 0.2) is 0 Å². The van der Waals surface area contributed by atoms with E-state index in [9.17, 15) is 4.79 Å². The van der Waals surface area contributed by atoms with Gasteiger partial charge >= 0.3 is 0 Å². The quantitative estimate of drug-likeness (QED) is 0.854. The third kappa shape index (κ3) is 3.56. The highest BCUT2D eigenvalue weighted by Gasteiger charge is 2.29. The third-order valence-corrected chi connectivity index (χ3v) is 5.58. The molecular formula is C22H31N3O. The van der Waals surface area contributed by atoms with Gasteiger partial charge in [0.05, 0.1) is 11.6 Å². The van der Waals surface area contributed by atoms with E-state index in [-0.39, 0.29) is 11.9 Å². The third-order valence-electron chi connectivity index (χ3n) is 5.58. The molecule has 3 rings (SSSR count). The van der Waals surface area contributed by atoms with Gasteiger partial charge < -0.3 is 14.8 Å². The summed E-state index contributed by atoms with van der Waals surface area (Å²) in [5, 5.41) is 3.39. The zero-order valence-corrected chi connectivity index (χ0v) is 16.5. The molecule has 140 valence electrons. The molecule has 1 aliphatic heterocycles. The fourth-order valence-electron chi connectivity index (χ4n) is 4.22. The number of nitrogens with one attached hydrogen (secondary N) is 1. The Morgan fingerprint density at radius 2 is 2.04 bits per heavy atom. The molecule has 2 heterocycles. The van der Waals surface area contributed by atoms with Crippen LogP contribution in [0.15, 0.2) is 36.4 Å². The lowest BCUT2D eigenvalue weighted by molar-refractivity contribution is 0.0691. The molecule has 2 atom stereocenters. The van der Waals surface area contributed by atoms with Crippen molar-refractivity contribution in [3.63, 3.8) is 0 Å². The van der Waals surface area contributed by atoms with Crippen LogP contribution in [0.5, 0.6) is 0 Å². The molecular weight excluding hydrogens is 322 g/mol. The number of aromatic nitrogens is 1. The number of nitrogens with zero attached hydrogens (tertiary/aromatic N) is 2. The first-order valence-electron chi connectivity index (χ1n) is 9.79. The lowest BCUT2D eigenvalue weighted by atomic mass is 10.1. The second kappa shape index (κ2) is 8.09. The highest BCUT2D eigenvalue weighted by atomic mass is 16.2. The molecule has 1 saturated heterocycles. The Bertz CT molecular complexity index is 744. The van der Waals surface area contributed by atoms with Gasteiger partial charge in [0, 0.05) is 30.5 Å². The lowest BCUT2D eigenvalue weighted by Crippen LogP contribution is -2.42. The van der Waals surface area contributed by atoms with Gasteiger partial charge in [-0.25, -0.2) is 0 Å². The number of hydrogen-bond acceptors (Lipinski definition) is 2. The van der Waals surface area contributed by atoms with E-state index in [4.69, 9.17) is 0 Å². The second-order valence-electron chi connectivity index (χ2n) is 7.39. The van der Waals surface area contributed by atoms with E-state index in [1.165, 1.54) is 5.56 Å². The average Bonchev–Trinajstić information content (AvgIpc) is 3.27. The minimum atomic E-state index is 0.181. The lowest BCUT2D eigenvalue weighted by Gasteiger charge is -2.28. The molecule has 1 aromatic carbocycles. The van der Waals surface area contributed by atoms with Gasteiger partial charge in [0.2, 0.25) is 0 Å². The van der Waals surface area contributed by atoms with Crippen molar-refractivity contribution in [1.82, 2.24) is 14.8 Å². The summed E-state index contributed by atoms with van der Waals surface area (Å²) in [6.07, 6.45) is 2.03. The first-order chi connectivity index (χ1) is 12.5. The SMILES string of the molecule is CCCN(C(=O)c1cc(C)n(C(C)c2ccccc2)c1C)C1CCNC1. The Balaban J connectivity index is 1.92. The van der Waals surface area contributed by atoms with Gasteiger partial charge in [-0.15, -0.1) is 0 Å². The van der Waals surface area contributed by atoms with Crippen LogP contribution in [0, 0.1) is 13.8 Å². The standard InChI is InChI=1S/C22H31N3O/c1-5-13-24(20-11-12-23-15-20)22(26)21-14-16(2)25(18(21)4)17(3)19-9-7-6-8-10-19/h6-10,14,17,20,23H,5,11-13,15H2,1-4H3. The summed E-state index contributed by atoms with van der Waals surface area (Å²) < 4.78 is 2.29. The molecule has 0 spiro atoms. The maximum atomic E-state index is 13.4. The summed E-state index contributed by atoms with van der Waals surface area (Å²) in [7, 11) is 0. The zero-order chi connectivity index (χ0) is 18.7. The first kappa shape index (κ1) is 18.7. The fraction of sp³-hybridized carbons (Fsp3) is 0.500. The van der Waals surface area contributed by atoms with Crippen LogP contribution in [0.3, 0.4) is 0 Å². The zero-order valence-electron chi connectivity index (χ0n) is 16.5. The van der Waals surface area contributed by atoms with Crippen molar-refractivity contribution < 1.29 is 4.79 Å². The van der Waals surface area contributed by atoms with E-state index in [2.05, 4.69) is 72.8 Å². The van der Waals surface area contributed by atoms with Crippen molar-refractivity contribution >= 4 is 5.91 Å². The number of aryl methyl sites for hydroxylation is 1. The summed E-state index contributed by atoms with van der Waals surface area (Å²) in [6.45, 7) is 11.3. The summed E-state index contributed by atoms with van der Waals surface area (Å²) in [5.74, 6) is 0.181. The van der Waals surface area contributed by atoms with Crippen LogP contribution in [0.25, 0.3) is 0 Å². The van der Waals surface area contributed by atoms with Crippen LogP contribution in [-0.4, -0.2) is 41.1 Å². The van der Waals surface area contributed by atoms with E-state index in [1.807, 2.05) is 6.07 Å². The van der Waals surface area contributed by atoms with Gasteiger partial charge in [-0.2, -0.15) is 0 Å². The molecule has 1 aromatic heterocycles. The Morgan fingerprint density at radius 3 is 2.65 bits per heavy atom. The Hall–Kier alpha value is -2.07. The van der Waals surface area contributed by atoms with E-state index < -0.39 is 0 Å². The fourth-order valence-corrected chi connectivity index (χ4v) is 4.22. The highest BCUT2D eigenvalue weighted by molar-refractivity contribution is 5.96. The van der Waals surface area contributed by atoms with E-state index in [0.717, 1.165) is 49.4 Å². The van der Waals surface area contributed by atoms with Gasteiger partial charge in [-0.1, -0.05) is 37.3 Å². The van der Waals surface area contributed by atoms with E-state index in [1.54, 1.807) is 0 Å². The summed E-state index contributed by atoms with van der Waals surface area (Å²) >= 11 is 0. The van der Waals surface area contributed by atoms with Crippen molar-refractivity contribution in [2.24, 2.45) is 0 Å². The molecule has 26 heavy (non-hydrogen) atoms. The van der Waals surface area contributed by atoms with Gasteiger partial charge in [-0.3, -0.25) is 4.79 Å². The van der Waals surface area contributed by atoms with E-state index in [0.29, 0.717) is 6.04 Å². The Kier molecular flexibility index (Phi) is 5.82. The molecule has 2 aromatic rings. The van der Waals surface area contributed by atoms with Gasteiger partial charge in [-0.05, 0) is 51.8 Å². The molecule has 4 heteroatoms. The molecule has 1 aliphatic rings. The van der Waals surface area contributed by atoms with Crippen molar-refractivity contribution in [3.05, 3.63) is 58.9 Å². The second-order valence-corrected chi connectivity index (χ2v) is 7.39. The minimum Gasteiger partial charge on any atom is -0.341 e. The van der Waals surface area contributed by atoms with Crippen LogP contribution in [-0.2, 0) is 0 Å². The predicted octanol–water partition coefficient (Wildman–Crippen LogP) is 3.93. The Morgan fingerprint density at radius 1 is 1.31 bits per heavy atom. The van der Waals surface area contributed by atoms with Crippen LogP contribution in [0.4, 0.5) is 0 Å². The predicted molar refractivity (Wildman–Crippen MR) is 107 cm³/mol. The van der Waals surface area contributed by atoms with Gasteiger partial charge in [0.1, 0.15) is 0 Å². The van der Waals surface area contributed by atoms with Crippen molar-refractivity contribution in [1.29, 1.82) is 0 Å². The molecule has 1 fully saturated rings. The molecule has 0 saturated carbocycles. The molecule has 2 unspecified atom stereocenters. The summed E-state index contributed by atoms with van der Waals surface area (Å²) in [5.41, 5.74) is 4.32. The molecule has 4 nitrogen and oxygen atoms in total. The van der Waals surface area contributed by atoms with E-state index >= 15 is 0 Å². The molecule has 0 radical (unpaired) electrons. The topological polar surface area (TPSA) is 37.3 Å². The van der Waals surface area contributed by atoms with Crippen molar-refractivity contribution in [2.75, 3.05) is 19.6 Å². The van der Waals surface area contributed by atoms with Crippen molar-refractivity contribution in [2.45, 2.75) is 52.6 Å². The van der Waals surface area contributed by atoms with Crippen molar-refractivity contribution in [3.8, 4) is 0 Å². The number of hydrogen-bond donors (Lipinski definition) is 1. The largest absolute Gasteiger partial charge is 0.341 e. The average molecular weight is 354 g/mol. The van der Waals surface area contributed by atoms with Crippen LogP contribution < -0.4 is 5.32 Å². The Labute approximate surface area is 157 Å². The number of amides is 1. The highest BCUT2D eigenvalue weighted by Crippen LogP contribution is 2.27. The normalized spacial score (nSPS) is 18.1. The molecule has 0 bridgehead atoms.